The maximum absolute atomic E-state index is 12.1. The van der Waals surface area contributed by atoms with Crippen LogP contribution in [0.2, 0.25) is 0 Å². The molecule has 1 aliphatic heterocycles. The van der Waals surface area contributed by atoms with E-state index in [0.29, 0.717) is 18.0 Å². The first-order valence-electron chi connectivity index (χ1n) is 7.42. The highest BCUT2D eigenvalue weighted by molar-refractivity contribution is 9.10. The summed E-state index contributed by atoms with van der Waals surface area (Å²) in [6.45, 7) is 8.70. The minimum absolute atomic E-state index is 0.0490. The van der Waals surface area contributed by atoms with Crippen LogP contribution in [-0.4, -0.2) is 49.7 Å². The van der Waals surface area contributed by atoms with Crippen LogP contribution in [0.4, 0.5) is 0 Å². The molecule has 0 unspecified atom stereocenters. The summed E-state index contributed by atoms with van der Waals surface area (Å²) in [5, 5.41) is 2.96. The van der Waals surface area contributed by atoms with Crippen molar-refractivity contribution in [2.45, 2.75) is 20.0 Å². The van der Waals surface area contributed by atoms with Crippen molar-refractivity contribution >= 4 is 21.8 Å². The third kappa shape index (κ3) is 5.41. The molecule has 1 amide bonds. The Morgan fingerprint density at radius 3 is 2.81 bits per heavy atom. The molecule has 5 heteroatoms. The molecule has 1 N–H and O–H groups in total. The topological polar surface area (TPSA) is 41.6 Å². The fourth-order valence-corrected chi connectivity index (χ4v) is 2.76. The first-order chi connectivity index (χ1) is 10.0. The summed E-state index contributed by atoms with van der Waals surface area (Å²) >= 11 is 3.36. The van der Waals surface area contributed by atoms with Gasteiger partial charge < -0.3 is 10.1 Å². The van der Waals surface area contributed by atoms with Gasteiger partial charge in [-0.2, -0.15) is 0 Å². The average molecular weight is 355 g/mol. The molecule has 0 aliphatic carbocycles. The summed E-state index contributed by atoms with van der Waals surface area (Å²) < 4.78 is 6.70. The van der Waals surface area contributed by atoms with Crippen LogP contribution in [0.25, 0.3) is 0 Å². The van der Waals surface area contributed by atoms with Gasteiger partial charge in [-0.05, 0) is 30.2 Å². The highest BCUT2D eigenvalue weighted by Gasteiger charge is 2.21. The number of hydrogen-bond acceptors (Lipinski definition) is 3. The Morgan fingerprint density at radius 1 is 1.43 bits per heavy atom. The zero-order chi connectivity index (χ0) is 15.2. The lowest BCUT2D eigenvalue weighted by atomic mass is 10.1. The van der Waals surface area contributed by atoms with Gasteiger partial charge in [-0.25, -0.2) is 0 Å². The Hall–Kier alpha value is -0.910. The molecule has 116 valence electrons. The van der Waals surface area contributed by atoms with Crippen LogP contribution in [-0.2, 0) is 4.74 Å². The van der Waals surface area contributed by atoms with Crippen LogP contribution >= 0.6 is 15.9 Å². The zero-order valence-electron chi connectivity index (χ0n) is 12.6. The van der Waals surface area contributed by atoms with Crippen LogP contribution in [0.15, 0.2) is 28.7 Å². The van der Waals surface area contributed by atoms with Crippen LogP contribution in [0.5, 0.6) is 0 Å². The van der Waals surface area contributed by atoms with Crippen LogP contribution in [0.1, 0.15) is 24.2 Å². The maximum Gasteiger partial charge on any atom is 0.251 e. The van der Waals surface area contributed by atoms with Crippen molar-refractivity contribution in [2.75, 3.05) is 32.8 Å². The highest BCUT2D eigenvalue weighted by Crippen LogP contribution is 2.11. The van der Waals surface area contributed by atoms with Crippen molar-refractivity contribution in [3.63, 3.8) is 0 Å². The van der Waals surface area contributed by atoms with E-state index in [1.54, 1.807) is 0 Å². The lowest BCUT2D eigenvalue weighted by molar-refractivity contribution is -0.0295. The monoisotopic (exact) mass is 354 g/mol. The fraction of sp³-hybridized carbons (Fsp3) is 0.562. The number of ether oxygens (including phenoxy) is 1. The average Bonchev–Trinajstić information content (AvgIpc) is 2.45. The predicted molar refractivity (Wildman–Crippen MR) is 87.5 cm³/mol. The van der Waals surface area contributed by atoms with Gasteiger partial charge in [0, 0.05) is 36.2 Å². The number of carbonyl (C=O) groups is 1. The van der Waals surface area contributed by atoms with Crippen LogP contribution < -0.4 is 5.32 Å². The minimum Gasteiger partial charge on any atom is -0.374 e. The summed E-state index contributed by atoms with van der Waals surface area (Å²) in [5.41, 5.74) is 0.674. The first-order valence-corrected chi connectivity index (χ1v) is 8.21. The van der Waals surface area contributed by atoms with Crippen molar-refractivity contribution in [1.29, 1.82) is 0 Å². The number of halogens is 1. The predicted octanol–water partition coefficient (Wildman–Crippen LogP) is 2.54. The van der Waals surface area contributed by atoms with Gasteiger partial charge in [0.25, 0.3) is 5.91 Å². The second-order valence-corrected chi connectivity index (χ2v) is 6.78. The van der Waals surface area contributed by atoms with E-state index in [1.807, 2.05) is 24.3 Å². The normalized spacial score (nSPS) is 19.7. The Labute approximate surface area is 135 Å². The van der Waals surface area contributed by atoms with Gasteiger partial charge in [0.1, 0.15) is 0 Å². The molecular formula is C16H23BrN2O2. The number of carbonyl (C=O) groups excluding carboxylic acids is 1. The summed E-state index contributed by atoms with van der Waals surface area (Å²) in [4.78, 5) is 14.5. The number of nitrogens with one attached hydrogen (secondary N) is 1. The largest absolute Gasteiger partial charge is 0.374 e. The lowest BCUT2D eigenvalue weighted by Crippen LogP contribution is -2.48. The lowest BCUT2D eigenvalue weighted by Gasteiger charge is -2.33. The van der Waals surface area contributed by atoms with E-state index in [2.05, 4.69) is 40.0 Å². The highest BCUT2D eigenvalue weighted by atomic mass is 79.9. The molecule has 0 bridgehead atoms. The van der Waals surface area contributed by atoms with E-state index in [0.717, 1.165) is 30.7 Å². The molecule has 0 aromatic heterocycles. The Morgan fingerprint density at radius 2 is 2.14 bits per heavy atom. The van der Waals surface area contributed by atoms with Crippen molar-refractivity contribution in [3.05, 3.63) is 34.3 Å². The third-order valence-electron chi connectivity index (χ3n) is 3.44. The first kappa shape index (κ1) is 16.5. The second-order valence-electron chi connectivity index (χ2n) is 5.86. The number of hydrogen-bond donors (Lipinski definition) is 1. The molecule has 1 aromatic rings. The van der Waals surface area contributed by atoms with Crippen LogP contribution in [0.3, 0.4) is 0 Å². The minimum atomic E-state index is -0.0490. The van der Waals surface area contributed by atoms with Crippen molar-refractivity contribution in [1.82, 2.24) is 10.2 Å². The van der Waals surface area contributed by atoms with Crippen molar-refractivity contribution in [3.8, 4) is 0 Å². The molecule has 1 fully saturated rings. The molecule has 1 aliphatic rings. The summed E-state index contributed by atoms with van der Waals surface area (Å²) in [6, 6.07) is 7.37. The van der Waals surface area contributed by atoms with E-state index >= 15 is 0 Å². The van der Waals surface area contributed by atoms with Crippen molar-refractivity contribution < 1.29 is 9.53 Å². The number of amides is 1. The Bertz CT molecular complexity index is 462. The van der Waals surface area contributed by atoms with Gasteiger partial charge in [-0.1, -0.05) is 29.8 Å². The van der Waals surface area contributed by atoms with E-state index in [9.17, 15) is 4.79 Å². The fourth-order valence-electron chi connectivity index (χ4n) is 2.50. The van der Waals surface area contributed by atoms with E-state index in [1.165, 1.54) is 0 Å². The van der Waals surface area contributed by atoms with Gasteiger partial charge >= 0.3 is 0 Å². The Kier molecular flexibility index (Phi) is 6.21. The molecule has 1 saturated heterocycles. The quantitative estimate of drug-likeness (QED) is 0.883. The molecule has 1 aromatic carbocycles. The summed E-state index contributed by atoms with van der Waals surface area (Å²) in [7, 11) is 0. The maximum atomic E-state index is 12.1. The van der Waals surface area contributed by atoms with Gasteiger partial charge in [0.05, 0.1) is 12.7 Å². The van der Waals surface area contributed by atoms with Gasteiger partial charge in [0.15, 0.2) is 0 Å². The van der Waals surface area contributed by atoms with Crippen LogP contribution in [0, 0.1) is 5.92 Å². The summed E-state index contributed by atoms with van der Waals surface area (Å²) in [6.07, 6.45) is 0.0805. The number of rotatable bonds is 5. The molecule has 1 heterocycles. The third-order valence-corrected chi connectivity index (χ3v) is 3.97. The molecule has 0 radical (unpaired) electrons. The number of benzene rings is 1. The molecule has 4 nitrogen and oxygen atoms in total. The number of morpholine rings is 1. The van der Waals surface area contributed by atoms with E-state index < -0.39 is 0 Å². The van der Waals surface area contributed by atoms with E-state index in [4.69, 9.17) is 4.74 Å². The van der Waals surface area contributed by atoms with E-state index in [-0.39, 0.29) is 12.0 Å². The second kappa shape index (κ2) is 7.92. The molecule has 0 spiro atoms. The molecule has 21 heavy (non-hydrogen) atoms. The number of nitrogens with zero attached hydrogens (tertiary/aromatic N) is 1. The SMILES string of the molecule is CC(C)CN1CCO[C@@H](CNC(=O)c2ccc(Br)cc2)C1. The van der Waals surface area contributed by atoms with Crippen molar-refractivity contribution in [2.24, 2.45) is 5.92 Å². The summed E-state index contributed by atoms with van der Waals surface area (Å²) in [5.74, 6) is 0.605. The Balaban J connectivity index is 1.79. The van der Waals surface area contributed by atoms with Gasteiger partial charge in [-0.15, -0.1) is 0 Å². The smallest absolute Gasteiger partial charge is 0.251 e. The zero-order valence-corrected chi connectivity index (χ0v) is 14.2. The van der Waals surface area contributed by atoms with Gasteiger partial charge in [-0.3, -0.25) is 9.69 Å². The molecule has 0 saturated carbocycles. The molecular weight excluding hydrogens is 332 g/mol. The molecule has 2 rings (SSSR count). The molecule has 1 atom stereocenters. The van der Waals surface area contributed by atoms with Gasteiger partial charge in [0.2, 0.25) is 0 Å². The standard InChI is InChI=1S/C16H23BrN2O2/c1-12(2)10-19-7-8-21-15(11-19)9-18-16(20)13-3-5-14(17)6-4-13/h3-6,12,15H,7-11H2,1-2H3,(H,18,20)/t15-/m0/s1.